The molecule has 2 rings (SSSR count). The Morgan fingerprint density at radius 2 is 2.00 bits per heavy atom. The third-order valence-corrected chi connectivity index (χ3v) is 2.49. The fourth-order valence-electron chi connectivity index (χ4n) is 1.48. The van der Waals surface area contributed by atoms with Gasteiger partial charge in [0.15, 0.2) is 0 Å². The van der Waals surface area contributed by atoms with E-state index in [1.807, 2.05) is 37.6 Å². The zero-order valence-corrected chi connectivity index (χ0v) is 8.13. The lowest BCUT2D eigenvalue weighted by Gasteiger charge is -2.00. The summed E-state index contributed by atoms with van der Waals surface area (Å²) in [6.45, 7) is 3.99. The minimum atomic E-state index is 0.829. The molecule has 0 radical (unpaired) electrons. The molecule has 2 aromatic rings. The number of hydrogen-bond acceptors (Lipinski definition) is 2. The monoisotopic (exact) mass is 175 g/mol. The number of imidazole rings is 1. The van der Waals surface area contributed by atoms with Gasteiger partial charge in [0, 0.05) is 12.7 Å². The Labute approximate surface area is 77.2 Å². The summed E-state index contributed by atoms with van der Waals surface area (Å²) in [5.41, 5.74) is 9.86. The van der Waals surface area contributed by atoms with E-state index >= 15 is 0 Å². The van der Waals surface area contributed by atoms with Gasteiger partial charge in [0.2, 0.25) is 0 Å². The molecule has 0 spiro atoms. The van der Waals surface area contributed by atoms with Crippen LogP contribution in [0.15, 0.2) is 12.1 Å². The second kappa shape index (κ2) is 2.49. The fourth-order valence-corrected chi connectivity index (χ4v) is 1.48. The second-order valence-electron chi connectivity index (χ2n) is 3.42. The molecule has 0 atom stereocenters. The van der Waals surface area contributed by atoms with Crippen molar-refractivity contribution in [1.29, 1.82) is 0 Å². The Balaban J connectivity index is 2.89. The second-order valence-corrected chi connectivity index (χ2v) is 3.42. The van der Waals surface area contributed by atoms with Gasteiger partial charge in [-0.1, -0.05) is 0 Å². The molecule has 0 aliphatic carbocycles. The van der Waals surface area contributed by atoms with E-state index in [4.69, 9.17) is 5.73 Å². The van der Waals surface area contributed by atoms with Gasteiger partial charge < -0.3 is 10.3 Å². The smallest absolute Gasteiger partial charge is 0.106 e. The molecule has 1 aromatic carbocycles. The summed E-state index contributed by atoms with van der Waals surface area (Å²) < 4.78 is 2.05. The number of rotatable bonds is 0. The van der Waals surface area contributed by atoms with Crippen molar-refractivity contribution < 1.29 is 0 Å². The number of fused-ring (bicyclic) bond motifs is 1. The molecule has 3 heteroatoms. The van der Waals surface area contributed by atoms with Crippen molar-refractivity contribution in [1.82, 2.24) is 9.55 Å². The van der Waals surface area contributed by atoms with Gasteiger partial charge in [-0.2, -0.15) is 0 Å². The maximum Gasteiger partial charge on any atom is 0.106 e. The van der Waals surface area contributed by atoms with Gasteiger partial charge >= 0.3 is 0 Å². The first-order valence-electron chi connectivity index (χ1n) is 4.29. The number of aryl methyl sites for hydroxylation is 3. The van der Waals surface area contributed by atoms with E-state index in [9.17, 15) is 0 Å². The van der Waals surface area contributed by atoms with E-state index in [2.05, 4.69) is 4.98 Å². The van der Waals surface area contributed by atoms with Crippen LogP contribution in [0.3, 0.4) is 0 Å². The van der Waals surface area contributed by atoms with Crippen LogP contribution in [-0.2, 0) is 7.05 Å². The fraction of sp³-hybridized carbons (Fsp3) is 0.300. The highest BCUT2D eigenvalue weighted by atomic mass is 15.0. The van der Waals surface area contributed by atoms with Gasteiger partial charge in [-0.3, -0.25) is 0 Å². The highest BCUT2D eigenvalue weighted by Crippen LogP contribution is 2.21. The number of hydrogen-bond donors (Lipinski definition) is 1. The molecule has 0 saturated heterocycles. The van der Waals surface area contributed by atoms with Gasteiger partial charge in [-0.25, -0.2) is 4.98 Å². The van der Waals surface area contributed by atoms with Crippen LogP contribution in [0, 0.1) is 13.8 Å². The third-order valence-electron chi connectivity index (χ3n) is 2.49. The standard InChI is InChI=1S/C10H13N3/c1-6-4-9-10(5-8(6)11)13(3)7(2)12-9/h4-5H,11H2,1-3H3. The summed E-state index contributed by atoms with van der Waals surface area (Å²) in [7, 11) is 2.00. The Morgan fingerprint density at radius 1 is 1.31 bits per heavy atom. The van der Waals surface area contributed by atoms with E-state index in [0.29, 0.717) is 0 Å². The van der Waals surface area contributed by atoms with Crippen LogP contribution in [0.1, 0.15) is 11.4 Å². The quantitative estimate of drug-likeness (QED) is 0.620. The number of nitrogens with zero attached hydrogens (tertiary/aromatic N) is 2. The van der Waals surface area contributed by atoms with Gasteiger partial charge in [0.05, 0.1) is 11.0 Å². The zero-order valence-electron chi connectivity index (χ0n) is 8.13. The van der Waals surface area contributed by atoms with Crippen LogP contribution in [0.4, 0.5) is 5.69 Å². The van der Waals surface area contributed by atoms with Gasteiger partial charge in [0.25, 0.3) is 0 Å². The minimum Gasteiger partial charge on any atom is -0.398 e. The van der Waals surface area contributed by atoms with Gasteiger partial charge in [-0.05, 0) is 31.5 Å². The van der Waals surface area contributed by atoms with E-state index in [1.165, 1.54) is 0 Å². The molecule has 13 heavy (non-hydrogen) atoms. The highest BCUT2D eigenvalue weighted by molar-refractivity contribution is 5.81. The summed E-state index contributed by atoms with van der Waals surface area (Å²) in [4.78, 5) is 4.42. The van der Waals surface area contributed by atoms with Crippen LogP contribution in [-0.4, -0.2) is 9.55 Å². The van der Waals surface area contributed by atoms with Crippen molar-refractivity contribution in [2.24, 2.45) is 7.05 Å². The molecule has 0 aliphatic heterocycles. The summed E-state index contributed by atoms with van der Waals surface area (Å²) in [6, 6.07) is 4.00. The molecular weight excluding hydrogens is 162 g/mol. The number of benzene rings is 1. The predicted octanol–water partition coefficient (Wildman–Crippen LogP) is 1.77. The molecule has 0 saturated carbocycles. The Kier molecular flexibility index (Phi) is 1.55. The van der Waals surface area contributed by atoms with Crippen LogP contribution < -0.4 is 5.73 Å². The van der Waals surface area contributed by atoms with Crippen molar-refractivity contribution in [3.05, 3.63) is 23.5 Å². The maximum absolute atomic E-state index is 5.82. The molecule has 0 amide bonds. The van der Waals surface area contributed by atoms with Crippen LogP contribution in [0.2, 0.25) is 0 Å². The number of nitrogens with two attached hydrogens (primary N) is 1. The van der Waals surface area contributed by atoms with E-state index in [-0.39, 0.29) is 0 Å². The van der Waals surface area contributed by atoms with Gasteiger partial charge in [0.1, 0.15) is 5.82 Å². The third kappa shape index (κ3) is 1.08. The lowest BCUT2D eigenvalue weighted by molar-refractivity contribution is 0.886. The molecule has 3 nitrogen and oxygen atoms in total. The normalized spacial score (nSPS) is 11.0. The summed E-state index contributed by atoms with van der Waals surface area (Å²) in [5.74, 6) is 1.01. The number of aromatic nitrogens is 2. The molecule has 2 N–H and O–H groups in total. The Hall–Kier alpha value is -1.51. The van der Waals surface area contributed by atoms with Crippen LogP contribution >= 0.6 is 0 Å². The average Bonchev–Trinajstić information content (AvgIpc) is 2.32. The molecule has 0 unspecified atom stereocenters. The van der Waals surface area contributed by atoms with Crippen molar-refractivity contribution in [3.8, 4) is 0 Å². The predicted molar refractivity (Wildman–Crippen MR) is 54.6 cm³/mol. The van der Waals surface area contributed by atoms with Crippen molar-refractivity contribution in [2.75, 3.05) is 5.73 Å². The molecule has 0 fully saturated rings. The number of anilines is 1. The molecule has 68 valence electrons. The maximum atomic E-state index is 5.82. The minimum absolute atomic E-state index is 0.829. The van der Waals surface area contributed by atoms with E-state index in [1.54, 1.807) is 0 Å². The topological polar surface area (TPSA) is 43.8 Å². The number of nitrogen functional groups attached to an aromatic ring is 1. The highest BCUT2D eigenvalue weighted by Gasteiger charge is 2.05. The summed E-state index contributed by atoms with van der Waals surface area (Å²) >= 11 is 0. The van der Waals surface area contributed by atoms with Crippen molar-refractivity contribution in [2.45, 2.75) is 13.8 Å². The van der Waals surface area contributed by atoms with Crippen molar-refractivity contribution in [3.63, 3.8) is 0 Å². The summed E-state index contributed by atoms with van der Waals surface area (Å²) in [5, 5.41) is 0. The Bertz CT molecular complexity index is 468. The van der Waals surface area contributed by atoms with Crippen LogP contribution in [0.5, 0.6) is 0 Å². The SMILES string of the molecule is Cc1cc2nc(C)n(C)c2cc1N. The Morgan fingerprint density at radius 3 is 2.69 bits per heavy atom. The zero-order chi connectivity index (χ0) is 9.59. The molecule has 0 aliphatic rings. The molecule has 0 bridgehead atoms. The summed E-state index contributed by atoms with van der Waals surface area (Å²) in [6.07, 6.45) is 0. The van der Waals surface area contributed by atoms with Crippen LogP contribution in [0.25, 0.3) is 11.0 Å². The lowest BCUT2D eigenvalue weighted by atomic mass is 10.2. The molecular formula is C10H13N3. The lowest BCUT2D eigenvalue weighted by Crippen LogP contribution is -1.93. The van der Waals surface area contributed by atoms with E-state index in [0.717, 1.165) is 28.1 Å². The molecule has 1 aromatic heterocycles. The molecule has 1 heterocycles. The largest absolute Gasteiger partial charge is 0.398 e. The van der Waals surface area contributed by atoms with Crippen molar-refractivity contribution >= 4 is 16.7 Å². The van der Waals surface area contributed by atoms with Gasteiger partial charge in [-0.15, -0.1) is 0 Å². The first-order chi connectivity index (χ1) is 6.09. The first kappa shape index (κ1) is 8.10. The first-order valence-corrected chi connectivity index (χ1v) is 4.29. The average molecular weight is 175 g/mol. The van der Waals surface area contributed by atoms with E-state index < -0.39 is 0 Å².